The van der Waals surface area contributed by atoms with Crippen LogP contribution in [0.3, 0.4) is 0 Å². The van der Waals surface area contributed by atoms with Gasteiger partial charge < -0.3 is 94.1 Å². The molecule has 4 aliphatic heterocycles. The van der Waals surface area contributed by atoms with Crippen LogP contribution in [0.15, 0.2) is 30.3 Å². The Hall–Kier alpha value is -3.45. The van der Waals surface area contributed by atoms with E-state index in [9.17, 15) is 61.0 Å². The predicted octanol–water partition coefficient (Wildman–Crippen LogP) is -3.33. The monoisotopic (exact) mass is 772 g/mol. The second-order valence-electron chi connectivity index (χ2n) is 13.4. The van der Waals surface area contributed by atoms with Crippen molar-refractivity contribution < 1.29 is 98.9 Å². The number of aromatic hydroxyl groups is 2. The summed E-state index contributed by atoms with van der Waals surface area (Å²) in [5, 5.41) is 115. The Labute approximate surface area is 306 Å². The van der Waals surface area contributed by atoms with E-state index in [-0.39, 0.29) is 35.0 Å². The first-order valence-corrected chi connectivity index (χ1v) is 17.0. The smallest absolute Gasteiger partial charge is 0.229 e. The maximum atomic E-state index is 13.1. The molecular formula is C34H44O20. The van der Waals surface area contributed by atoms with Crippen LogP contribution in [0.5, 0.6) is 28.7 Å². The minimum Gasteiger partial charge on any atom is -0.507 e. The Morgan fingerprint density at radius 2 is 1.41 bits per heavy atom. The van der Waals surface area contributed by atoms with E-state index in [2.05, 4.69) is 0 Å². The van der Waals surface area contributed by atoms with E-state index >= 15 is 0 Å². The van der Waals surface area contributed by atoms with Gasteiger partial charge in [0.1, 0.15) is 96.1 Å². The fraction of sp³-hybridized carbons (Fsp3) is 0.618. The van der Waals surface area contributed by atoms with Crippen LogP contribution in [0.4, 0.5) is 0 Å². The molecule has 11 N–H and O–H groups in total. The number of hydrogen-bond acceptors (Lipinski definition) is 20. The van der Waals surface area contributed by atoms with Crippen LogP contribution in [-0.4, -0.2) is 174 Å². The first kappa shape index (κ1) is 40.2. The van der Waals surface area contributed by atoms with E-state index in [1.807, 2.05) is 0 Å². The lowest BCUT2D eigenvalue weighted by Crippen LogP contribution is -2.65. The zero-order chi connectivity index (χ0) is 39.2. The molecule has 6 rings (SSSR count). The highest BCUT2D eigenvalue weighted by atomic mass is 16.8. The number of Topliss-reactive ketones (excluding diaryl/α,β-unsaturated/α-hetero) is 1. The van der Waals surface area contributed by atoms with Gasteiger partial charge in [-0.05, 0) is 24.6 Å². The largest absolute Gasteiger partial charge is 0.507 e. The van der Waals surface area contributed by atoms with Gasteiger partial charge in [0.25, 0.3) is 0 Å². The third-order valence-corrected chi connectivity index (χ3v) is 9.81. The number of aliphatic hydroxyl groups excluding tert-OH is 9. The number of methoxy groups -OCH3 is 1. The zero-order valence-electron chi connectivity index (χ0n) is 28.8. The molecule has 2 aromatic rings. The fourth-order valence-corrected chi connectivity index (χ4v) is 6.69. The van der Waals surface area contributed by atoms with Crippen molar-refractivity contribution in [2.75, 3.05) is 20.3 Å². The van der Waals surface area contributed by atoms with E-state index in [0.717, 1.165) is 6.07 Å². The normalized spacial score (nSPS) is 39.7. The first-order valence-electron chi connectivity index (χ1n) is 17.0. The molecule has 0 aliphatic carbocycles. The average Bonchev–Trinajstić information content (AvgIpc) is 3.14. The van der Waals surface area contributed by atoms with Crippen molar-refractivity contribution in [3.8, 4) is 28.7 Å². The maximum Gasteiger partial charge on any atom is 0.229 e. The van der Waals surface area contributed by atoms with E-state index in [4.69, 9.17) is 37.9 Å². The summed E-state index contributed by atoms with van der Waals surface area (Å²) in [5.41, 5.74) is 0.261. The van der Waals surface area contributed by atoms with Crippen LogP contribution in [0.2, 0.25) is 0 Å². The third-order valence-electron chi connectivity index (χ3n) is 9.81. The lowest BCUT2D eigenvalue weighted by atomic mass is 9.95. The summed E-state index contributed by atoms with van der Waals surface area (Å²) in [7, 11) is 1.37. The second kappa shape index (κ2) is 16.3. The molecule has 20 nitrogen and oxygen atoms in total. The summed E-state index contributed by atoms with van der Waals surface area (Å²) in [6, 6.07) is 6.71. The molecular weight excluding hydrogens is 728 g/mol. The molecule has 3 saturated heterocycles. The Morgan fingerprint density at radius 1 is 0.741 bits per heavy atom. The molecule has 0 amide bonds. The molecule has 0 saturated carbocycles. The molecule has 300 valence electrons. The second-order valence-corrected chi connectivity index (χ2v) is 13.4. The number of carbonyl (C=O) groups is 1. The van der Waals surface area contributed by atoms with Gasteiger partial charge in [0.05, 0.1) is 32.8 Å². The maximum absolute atomic E-state index is 13.1. The van der Waals surface area contributed by atoms with Crippen molar-refractivity contribution in [3.05, 3.63) is 41.5 Å². The quantitative estimate of drug-likeness (QED) is 0.112. The number of ether oxygens (including phenoxy) is 8. The van der Waals surface area contributed by atoms with E-state index in [1.165, 1.54) is 32.2 Å². The summed E-state index contributed by atoms with van der Waals surface area (Å²) in [6.07, 6.45) is -26.1. The van der Waals surface area contributed by atoms with Gasteiger partial charge in [0.2, 0.25) is 6.29 Å². The van der Waals surface area contributed by atoms with Crippen LogP contribution < -0.4 is 14.2 Å². The van der Waals surface area contributed by atoms with Crippen molar-refractivity contribution in [1.82, 2.24) is 0 Å². The van der Waals surface area contributed by atoms with Crippen LogP contribution in [0.1, 0.15) is 35.4 Å². The summed E-state index contributed by atoms with van der Waals surface area (Å²) in [5.74, 6) is -1.36. The van der Waals surface area contributed by atoms with Crippen LogP contribution in [0.25, 0.3) is 0 Å². The van der Waals surface area contributed by atoms with Gasteiger partial charge in [0, 0.05) is 12.1 Å². The van der Waals surface area contributed by atoms with Crippen LogP contribution >= 0.6 is 0 Å². The molecule has 20 heteroatoms. The van der Waals surface area contributed by atoms with Gasteiger partial charge in [-0.3, -0.25) is 4.79 Å². The van der Waals surface area contributed by atoms with E-state index in [1.54, 1.807) is 6.07 Å². The lowest BCUT2D eigenvalue weighted by Gasteiger charge is -2.46. The number of fused-ring (bicyclic) bond motifs is 1. The SMILES string of the molecule is COc1ccc(C2CC(=O)c3c(O)cc(OC4OC(COC5OC(C)C(O)C(O)C5O)C(OC5OC(CO)C(O)C(O)C5O)C(O)C4O)cc3O2)cc1O. The molecule has 54 heavy (non-hydrogen) atoms. The van der Waals surface area contributed by atoms with E-state index < -0.39 is 123 Å². The van der Waals surface area contributed by atoms with Gasteiger partial charge in [0.15, 0.2) is 29.9 Å². The summed E-state index contributed by atoms with van der Waals surface area (Å²) in [6.45, 7) is -0.0296. The Kier molecular flexibility index (Phi) is 12.2. The van der Waals surface area contributed by atoms with Crippen molar-refractivity contribution in [1.29, 1.82) is 0 Å². The molecule has 2 aromatic carbocycles. The minimum atomic E-state index is -1.96. The molecule has 16 unspecified atom stereocenters. The number of carbonyl (C=O) groups excluding carboxylic acids is 1. The summed E-state index contributed by atoms with van der Waals surface area (Å²) >= 11 is 0. The van der Waals surface area contributed by atoms with E-state index in [0.29, 0.717) is 5.56 Å². The van der Waals surface area contributed by atoms with Gasteiger partial charge in [-0.25, -0.2) is 0 Å². The molecule has 0 bridgehead atoms. The number of rotatable bonds is 10. The van der Waals surface area contributed by atoms with Crippen molar-refractivity contribution >= 4 is 5.78 Å². The number of hydrogen-bond donors (Lipinski definition) is 11. The van der Waals surface area contributed by atoms with Crippen LogP contribution in [-0.2, 0) is 23.7 Å². The third kappa shape index (κ3) is 7.81. The molecule has 0 radical (unpaired) electrons. The minimum absolute atomic E-state index is 0.116. The van der Waals surface area contributed by atoms with Gasteiger partial charge in [-0.2, -0.15) is 0 Å². The summed E-state index contributed by atoms with van der Waals surface area (Å²) in [4.78, 5) is 13.1. The Bertz CT molecular complexity index is 1620. The van der Waals surface area contributed by atoms with Gasteiger partial charge in [-0.1, -0.05) is 6.07 Å². The molecule has 4 heterocycles. The highest BCUT2D eigenvalue weighted by Crippen LogP contribution is 2.44. The molecule has 4 aliphatic rings. The van der Waals surface area contributed by atoms with Crippen molar-refractivity contribution in [2.45, 2.75) is 112 Å². The molecule has 0 aromatic heterocycles. The Morgan fingerprint density at radius 3 is 2.09 bits per heavy atom. The van der Waals surface area contributed by atoms with Gasteiger partial charge in [-0.15, -0.1) is 0 Å². The lowest BCUT2D eigenvalue weighted by molar-refractivity contribution is -0.359. The zero-order valence-corrected chi connectivity index (χ0v) is 28.8. The molecule has 0 spiro atoms. The van der Waals surface area contributed by atoms with Gasteiger partial charge >= 0.3 is 0 Å². The highest BCUT2D eigenvalue weighted by Gasteiger charge is 2.52. The summed E-state index contributed by atoms with van der Waals surface area (Å²) < 4.78 is 45.1. The van der Waals surface area contributed by atoms with Crippen molar-refractivity contribution in [2.24, 2.45) is 0 Å². The number of ketones is 1. The number of aliphatic hydroxyl groups is 9. The Balaban J connectivity index is 1.24. The topological polar surface area (TPSA) is 313 Å². The van der Waals surface area contributed by atoms with Crippen molar-refractivity contribution in [3.63, 3.8) is 0 Å². The number of phenolic OH excluding ortho intramolecular Hbond substituents is 2. The fourth-order valence-electron chi connectivity index (χ4n) is 6.69. The van der Waals surface area contributed by atoms with Crippen LogP contribution in [0, 0.1) is 0 Å². The molecule has 3 fully saturated rings. The highest BCUT2D eigenvalue weighted by molar-refractivity contribution is 6.02. The molecule has 16 atom stereocenters. The average molecular weight is 773 g/mol. The standard InChI is InChI=1S/C34H44O20/c1-11-23(39)25(41)28(44)32(49-11)48-10-21-31(54-34-29(45)26(42)24(40)20(9-35)52-34)27(43)30(46)33(53-21)50-13-6-15(37)22-16(38)8-18(51-19(22)7-13)12-3-4-17(47-2)14(36)5-12/h3-7,11,18,20-21,23-37,39-46H,8-10H2,1-2H3. The predicted molar refractivity (Wildman–Crippen MR) is 173 cm³/mol. The first-order chi connectivity index (χ1) is 25.6. The number of benzene rings is 2. The number of phenols is 2.